The van der Waals surface area contributed by atoms with Crippen LogP contribution in [0.5, 0.6) is 0 Å². The number of para-hydroxylation sites is 1. The summed E-state index contributed by atoms with van der Waals surface area (Å²) in [4.78, 5) is 13.5. The number of fused-ring (bicyclic) bond motifs is 2. The molecule has 1 aliphatic carbocycles. The summed E-state index contributed by atoms with van der Waals surface area (Å²) in [6.45, 7) is 0.210. The van der Waals surface area contributed by atoms with Crippen molar-refractivity contribution < 1.29 is 27.6 Å². The highest BCUT2D eigenvalue weighted by Gasteiger charge is 2.55. The largest absolute Gasteiger partial charge is 0.491 e. The van der Waals surface area contributed by atoms with Crippen molar-refractivity contribution in [1.29, 1.82) is 0 Å². The van der Waals surface area contributed by atoms with Gasteiger partial charge in [-0.25, -0.2) is 0 Å². The zero-order chi connectivity index (χ0) is 21.1. The van der Waals surface area contributed by atoms with Crippen LogP contribution in [-0.2, 0) is 27.6 Å². The highest BCUT2D eigenvalue weighted by molar-refractivity contribution is 6.61. The van der Waals surface area contributed by atoms with Gasteiger partial charge >= 0.3 is 13.3 Å². The van der Waals surface area contributed by atoms with Crippen molar-refractivity contribution in [3.8, 4) is 0 Å². The Labute approximate surface area is 172 Å². The monoisotopic (exact) mass is 415 g/mol. The number of amides is 1. The van der Waals surface area contributed by atoms with Crippen LogP contribution in [0.3, 0.4) is 0 Å². The van der Waals surface area contributed by atoms with Gasteiger partial charge in [0.15, 0.2) is 0 Å². The third-order valence-corrected chi connectivity index (χ3v) is 6.87. The van der Waals surface area contributed by atoms with Crippen LogP contribution >= 0.6 is 0 Å². The third-order valence-electron chi connectivity index (χ3n) is 6.87. The van der Waals surface area contributed by atoms with Gasteiger partial charge in [-0.2, -0.15) is 13.2 Å². The van der Waals surface area contributed by atoms with Crippen LogP contribution in [0.1, 0.15) is 54.4 Å². The first-order valence-electron chi connectivity index (χ1n) is 10.3. The minimum absolute atomic E-state index is 0.0960. The minimum Gasteiger partial charge on any atom is -0.423 e. The number of nitrogens with one attached hydrogen (secondary N) is 1. The first-order chi connectivity index (χ1) is 14.3. The maximum Gasteiger partial charge on any atom is 0.491 e. The summed E-state index contributed by atoms with van der Waals surface area (Å²) < 4.78 is 46.4. The van der Waals surface area contributed by atoms with Gasteiger partial charge in [-0.05, 0) is 47.0 Å². The fourth-order valence-electron chi connectivity index (χ4n) is 5.52. The second-order valence-corrected chi connectivity index (χ2v) is 8.40. The second kappa shape index (κ2) is 6.85. The molecular weight excluding hydrogens is 394 g/mol. The number of benzene rings is 2. The molecule has 1 atom stereocenters. The molecule has 0 unspecified atom stereocenters. The lowest BCUT2D eigenvalue weighted by molar-refractivity contribution is -0.136. The van der Waals surface area contributed by atoms with E-state index in [4.69, 9.17) is 4.65 Å². The summed E-state index contributed by atoms with van der Waals surface area (Å²) >= 11 is 0. The van der Waals surface area contributed by atoms with Gasteiger partial charge in [0.25, 0.3) is 0 Å². The molecule has 0 radical (unpaired) electrons. The second-order valence-electron chi connectivity index (χ2n) is 8.40. The molecule has 5 rings (SSSR count). The number of carbonyl (C=O) groups is 1. The third kappa shape index (κ3) is 2.73. The van der Waals surface area contributed by atoms with E-state index >= 15 is 0 Å². The van der Waals surface area contributed by atoms with Gasteiger partial charge in [0.1, 0.15) is 5.41 Å². The highest BCUT2D eigenvalue weighted by atomic mass is 19.4. The molecule has 2 aromatic carbocycles. The van der Waals surface area contributed by atoms with Crippen molar-refractivity contribution in [1.82, 2.24) is 0 Å². The number of alkyl halides is 3. The van der Waals surface area contributed by atoms with E-state index in [1.165, 1.54) is 6.07 Å². The van der Waals surface area contributed by atoms with Gasteiger partial charge in [-0.1, -0.05) is 49.6 Å². The molecule has 0 saturated heterocycles. The van der Waals surface area contributed by atoms with E-state index < -0.39 is 30.2 Å². The van der Waals surface area contributed by atoms with Gasteiger partial charge in [0, 0.05) is 0 Å². The lowest BCUT2D eigenvalue weighted by Crippen LogP contribution is -2.44. The van der Waals surface area contributed by atoms with E-state index in [9.17, 15) is 23.0 Å². The summed E-state index contributed by atoms with van der Waals surface area (Å²) in [5.74, 6) is -0.498. The molecule has 30 heavy (non-hydrogen) atoms. The molecule has 3 aliphatic rings. The predicted molar refractivity (Wildman–Crippen MR) is 106 cm³/mol. The quantitative estimate of drug-likeness (QED) is 0.735. The molecule has 0 bridgehead atoms. The smallest absolute Gasteiger partial charge is 0.423 e. The van der Waals surface area contributed by atoms with Gasteiger partial charge in [-0.15, -0.1) is 0 Å². The van der Waals surface area contributed by atoms with Crippen LogP contribution in [-0.4, -0.2) is 18.0 Å². The fourth-order valence-corrected chi connectivity index (χ4v) is 5.52. The molecular formula is C22H21BF3NO3. The average Bonchev–Trinajstić information content (AvgIpc) is 3.24. The van der Waals surface area contributed by atoms with E-state index in [1.807, 2.05) is 6.07 Å². The summed E-state index contributed by atoms with van der Waals surface area (Å²) in [5, 5.41) is 12.6. The highest BCUT2D eigenvalue weighted by Crippen LogP contribution is 2.54. The van der Waals surface area contributed by atoms with Crippen molar-refractivity contribution in [3.05, 3.63) is 58.7 Å². The Morgan fingerprint density at radius 2 is 1.90 bits per heavy atom. The normalized spacial score (nSPS) is 24.0. The molecule has 0 aromatic heterocycles. The van der Waals surface area contributed by atoms with Crippen LogP contribution in [0.2, 0.25) is 0 Å². The molecule has 2 aliphatic heterocycles. The zero-order valence-corrected chi connectivity index (χ0v) is 16.3. The Hall–Kier alpha value is -2.32. The van der Waals surface area contributed by atoms with Gasteiger partial charge in [0.2, 0.25) is 5.91 Å². The molecule has 8 heteroatoms. The molecule has 1 saturated carbocycles. The van der Waals surface area contributed by atoms with E-state index in [1.54, 1.807) is 18.2 Å². The molecule has 4 nitrogen and oxygen atoms in total. The molecule has 1 amide bonds. The van der Waals surface area contributed by atoms with Crippen molar-refractivity contribution >= 4 is 24.2 Å². The van der Waals surface area contributed by atoms with Crippen LogP contribution in [0, 0.1) is 5.92 Å². The van der Waals surface area contributed by atoms with Crippen molar-refractivity contribution in [2.24, 2.45) is 5.92 Å². The molecule has 2 aromatic rings. The molecule has 156 valence electrons. The maximum atomic E-state index is 13.7. The minimum atomic E-state index is -4.56. The predicted octanol–water partition coefficient (Wildman–Crippen LogP) is 3.74. The van der Waals surface area contributed by atoms with E-state index in [0.29, 0.717) is 16.6 Å². The van der Waals surface area contributed by atoms with Gasteiger partial charge < -0.3 is 15.0 Å². The van der Waals surface area contributed by atoms with Crippen molar-refractivity contribution in [2.75, 3.05) is 5.32 Å². The number of halogens is 3. The zero-order valence-electron chi connectivity index (χ0n) is 16.3. The molecule has 0 spiro atoms. The average molecular weight is 415 g/mol. The van der Waals surface area contributed by atoms with Gasteiger partial charge in [-0.3, -0.25) is 4.79 Å². The standard InChI is InChI=1S/C22H21BF3NO3/c24-22(25,26)17-8-4-7-16-19(17)27-20(28)21(16,14-5-2-1-3-6-14)15-9-10-18-13(11-15)12-30-23(18)29/h4,7-11,14,29H,1-3,5-6,12H2,(H,27,28)/t21-/m1/s1. The van der Waals surface area contributed by atoms with Crippen LogP contribution in [0.25, 0.3) is 0 Å². The van der Waals surface area contributed by atoms with Crippen molar-refractivity contribution in [3.63, 3.8) is 0 Å². The Kier molecular flexibility index (Phi) is 4.49. The van der Waals surface area contributed by atoms with E-state index in [0.717, 1.165) is 43.7 Å². The summed E-state index contributed by atoms with van der Waals surface area (Å²) in [6.07, 6.45) is -0.0504. The first-order valence-corrected chi connectivity index (χ1v) is 10.3. The number of hydrogen-bond donors (Lipinski definition) is 2. The summed E-state index contributed by atoms with van der Waals surface area (Å²) in [5.41, 5.74) is 0.349. The van der Waals surface area contributed by atoms with Crippen molar-refractivity contribution in [2.45, 2.75) is 50.3 Å². The first kappa shape index (κ1) is 19.6. The Morgan fingerprint density at radius 1 is 1.13 bits per heavy atom. The number of rotatable bonds is 2. The van der Waals surface area contributed by atoms with Crippen LogP contribution in [0.4, 0.5) is 18.9 Å². The number of anilines is 1. The van der Waals surface area contributed by atoms with E-state index in [2.05, 4.69) is 5.32 Å². The number of hydrogen-bond acceptors (Lipinski definition) is 3. The van der Waals surface area contributed by atoms with Crippen LogP contribution in [0.15, 0.2) is 36.4 Å². The Bertz CT molecular complexity index is 1020. The van der Waals surface area contributed by atoms with Crippen LogP contribution < -0.4 is 10.8 Å². The lowest BCUT2D eigenvalue weighted by atomic mass is 9.61. The Balaban J connectivity index is 1.75. The van der Waals surface area contributed by atoms with Gasteiger partial charge in [0.05, 0.1) is 17.9 Å². The topological polar surface area (TPSA) is 58.6 Å². The fraction of sp³-hybridized carbons (Fsp3) is 0.409. The summed E-state index contributed by atoms with van der Waals surface area (Å²) in [7, 11) is -1.01. The molecule has 1 fully saturated rings. The number of carbonyl (C=O) groups excluding carboxylic acids is 1. The SMILES string of the molecule is O=C1Nc2c(C(F)(F)F)cccc2[C@]1(c1ccc2c(c1)COB2O)C1CCCCC1. The maximum absolute atomic E-state index is 13.7. The molecule has 2 N–H and O–H groups in total. The Morgan fingerprint density at radius 3 is 2.63 bits per heavy atom. The summed E-state index contributed by atoms with van der Waals surface area (Å²) in [6, 6.07) is 9.37. The lowest BCUT2D eigenvalue weighted by Gasteiger charge is -2.39. The van der Waals surface area contributed by atoms with E-state index in [-0.39, 0.29) is 18.2 Å². The molecule has 2 heterocycles.